The zero-order valence-electron chi connectivity index (χ0n) is 18.9. The smallest absolute Gasteiger partial charge is 0.223 e. The quantitative estimate of drug-likeness (QED) is 0.499. The van der Waals surface area contributed by atoms with Crippen LogP contribution in [0.4, 0.5) is 10.8 Å². The number of anilines is 2. The SMILES string of the molecule is CCN(CCCNC(=O)C1CCN(c2nnc(-n3cccc3)s2)CC1)c1cccc(C)c1. The second kappa shape index (κ2) is 10.6. The summed E-state index contributed by atoms with van der Waals surface area (Å²) in [6.07, 6.45) is 6.60. The average Bonchev–Trinajstić information content (AvgIpc) is 3.51. The molecule has 1 aliphatic rings. The second-order valence-electron chi connectivity index (χ2n) is 8.28. The van der Waals surface area contributed by atoms with Gasteiger partial charge in [0.1, 0.15) is 0 Å². The van der Waals surface area contributed by atoms with Gasteiger partial charge in [0.15, 0.2) is 0 Å². The highest BCUT2D eigenvalue weighted by atomic mass is 32.1. The first kappa shape index (κ1) is 22.3. The summed E-state index contributed by atoms with van der Waals surface area (Å²) in [6.45, 7) is 8.61. The maximum atomic E-state index is 12.7. The van der Waals surface area contributed by atoms with Crippen molar-refractivity contribution in [3.05, 3.63) is 54.4 Å². The molecule has 32 heavy (non-hydrogen) atoms. The first-order chi connectivity index (χ1) is 15.6. The summed E-state index contributed by atoms with van der Waals surface area (Å²) < 4.78 is 1.97. The number of hydrogen-bond acceptors (Lipinski definition) is 6. The van der Waals surface area contributed by atoms with Gasteiger partial charge >= 0.3 is 0 Å². The molecule has 0 saturated carbocycles. The van der Waals surface area contributed by atoms with E-state index in [1.807, 2.05) is 29.1 Å². The van der Waals surface area contributed by atoms with Gasteiger partial charge in [0.2, 0.25) is 16.2 Å². The Morgan fingerprint density at radius 1 is 1.16 bits per heavy atom. The van der Waals surface area contributed by atoms with Crippen LogP contribution in [0.2, 0.25) is 0 Å². The van der Waals surface area contributed by atoms with Crippen LogP contribution in [0.3, 0.4) is 0 Å². The molecule has 0 atom stereocenters. The van der Waals surface area contributed by atoms with E-state index in [1.54, 1.807) is 11.3 Å². The number of carbonyl (C=O) groups is 1. The first-order valence-electron chi connectivity index (χ1n) is 11.4. The molecular formula is C24H32N6OS. The van der Waals surface area contributed by atoms with Crippen LogP contribution >= 0.6 is 11.3 Å². The Labute approximate surface area is 194 Å². The number of piperidine rings is 1. The highest BCUT2D eigenvalue weighted by molar-refractivity contribution is 7.17. The molecule has 7 nitrogen and oxygen atoms in total. The lowest BCUT2D eigenvalue weighted by atomic mass is 9.96. The van der Waals surface area contributed by atoms with Crippen LogP contribution in [0, 0.1) is 12.8 Å². The molecule has 0 bridgehead atoms. The lowest BCUT2D eigenvalue weighted by molar-refractivity contribution is -0.125. The summed E-state index contributed by atoms with van der Waals surface area (Å²) in [5, 5.41) is 13.6. The summed E-state index contributed by atoms with van der Waals surface area (Å²) in [5.74, 6) is 0.274. The Morgan fingerprint density at radius 2 is 1.91 bits per heavy atom. The van der Waals surface area contributed by atoms with Crippen molar-refractivity contribution in [3.8, 4) is 5.13 Å². The number of carbonyl (C=O) groups excluding carboxylic acids is 1. The third-order valence-corrected chi connectivity index (χ3v) is 7.02. The highest BCUT2D eigenvalue weighted by Crippen LogP contribution is 2.27. The summed E-state index contributed by atoms with van der Waals surface area (Å²) in [4.78, 5) is 17.3. The van der Waals surface area contributed by atoms with E-state index < -0.39 is 0 Å². The van der Waals surface area contributed by atoms with Crippen molar-refractivity contribution in [3.63, 3.8) is 0 Å². The van der Waals surface area contributed by atoms with Gasteiger partial charge in [0, 0.05) is 56.7 Å². The van der Waals surface area contributed by atoms with Gasteiger partial charge in [-0.3, -0.25) is 9.36 Å². The van der Waals surface area contributed by atoms with E-state index in [9.17, 15) is 4.79 Å². The van der Waals surface area contributed by atoms with Crippen LogP contribution in [0.1, 0.15) is 31.7 Å². The predicted octanol–water partition coefficient (Wildman–Crippen LogP) is 3.89. The summed E-state index contributed by atoms with van der Waals surface area (Å²) in [6, 6.07) is 12.6. The van der Waals surface area contributed by atoms with E-state index in [2.05, 4.69) is 63.4 Å². The molecule has 8 heteroatoms. The minimum absolute atomic E-state index is 0.0853. The van der Waals surface area contributed by atoms with Gasteiger partial charge in [-0.2, -0.15) is 0 Å². The van der Waals surface area contributed by atoms with Crippen LogP contribution in [-0.2, 0) is 4.79 Å². The number of nitrogens with one attached hydrogen (secondary N) is 1. The van der Waals surface area contributed by atoms with Gasteiger partial charge in [0.25, 0.3) is 0 Å². The molecule has 1 fully saturated rings. The maximum Gasteiger partial charge on any atom is 0.223 e. The third-order valence-electron chi connectivity index (χ3n) is 6.02. The lowest BCUT2D eigenvalue weighted by Crippen LogP contribution is -2.41. The molecule has 1 saturated heterocycles. The van der Waals surface area contributed by atoms with Gasteiger partial charge in [-0.15, -0.1) is 10.2 Å². The Balaban J connectivity index is 1.19. The second-order valence-corrected chi connectivity index (χ2v) is 9.22. The lowest BCUT2D eigenvalue weighted by Gasteiger charge is -2.30. The molecule has 3 heterocycles. The molecule has 1 N–H and O–H groups in total. The Hall–Kier alpha value is -2.87. The van der Waals surface area contributed by atoms with E-state index in [0.717, 1.165) is 62.2 Å². The number of aromatic nitrogens is 3. The third kappa shape index (κ3) is 5.48. The fraction of sp³-hybridized carbons (Fsp3) is 0.458. The molecular weight excluding hydrogens is 420 g/mol. The fourth-order valence-electron chi connectivity index (χ4n) is 4.16. The van der Waals surface area contributed by atoms with E-state index in [1.165, 1.54) is 11.3 Å². The van der Waals surface area contributed by atoms with Crippen molar-refractivity contribution in [2.24, 2.45) is 5.92 Å². The van der Waals surface area contributed by atoms with Crippen molar-refractivity contribution in [2.75, 3.05) is 42.5 Å². The summed E-state index contributed by atoms with van der Waals surface area (Å²) in [5.41, 5.74) is 2.53. The maximum absolute atomic E-state index is 12.7. The Morgan fingerprint density at radius 3 is 2.62 bits per heavy atom. The van der Waals surface area contributed by atoms with Crippen LogP contribution in [0.25, 0.3) is 5.13 Å². The van der Waals surface area contributed by atoms with Crippen molar-refractivity contribution in [1.82, 2.24) is 20.1 Å². The zero-order valence-corrected chi connectivity index (χ0v) is 19.7. The standard InChI is InChI=1S/C24H32N6OS/c1-3-28(21-9-6-8-19(2)18-21)15-7-12-25-22(31)20-10-16-30(17-11-20)24-27-26-23(32-24)29-13-4-5-14-29/h4-6,8-9,13-14,18,20H,3,7,10-12,15-17H2,1-2H3,(H,25,31). The van der Waals surface area contributed by atoms with Crippen molar-refractivity contribution >= 4 is 28.1 Å². The summed E-state index contributed by atoms with van der Waals surface area (Å²) in [7, 11) is 0. The molecule has 0 unspecified atom stereocenters. The topological polar surface area (TPSA) is 66.3 Å². The molecule has 1 aromatic carbocycles. The molecule has 0 aliphatic carbocycles. The zero-order chi connectivity index (χ0) is 22.3. The molecule has 4 rings (SSSR count). The molecule has 3 aromatic rings. The number of nitrogens with zero attached hydrogens (tertiary/aromatic N) is 5. The van der Waals surface area contributed by atoms with Gasteiger partial charge in [-0.1, -0.05) is 23.5 Å². The van der Waals surface area contributed by atoms with Crippen LogP contribution < -0.4 is 15.1 Å². The Kier molecular flexibility index (Phi) is 7.42. The number of benzene rings is 1. The summed E-state index contributed by atoms with van der Waals surface area (Å²) >= 11 is 1.59. The molecule has 0 spiro atoms. The van der Waals surface area contributed by atoms with Gasteiger partial charge in [0.05, 0.1) is 0 Å². The van der Waals surface area contributed by atoms with Gasteiger partial charge < -0.3 is 15.1 Å². The fourth-order valence-corrected chi connectivity index (χ4v) is 5.02. The van der Waals surface area contributed by atoms with Gasteiger partial charge in [-0.25, -0.2) is 0 Å². The predicted molar refractivity (Wildman–Crippen MR) is 131 cm³/mol. The van der Waals surface area contributed by atoms with E-state index in [-0.39, 0.29) is 11.8 Å². The van der Waals surface area contributed by atoms with Crippen molar-refractivity contribution < 1.29 is 4.79 Å². The van der Waals surface area contributed by atoms with E-state index in [0.29, 0.717) is 0 Å². The monoisotopic (exact) mass is 452 g/mol. The van der Waals surface area contributed by atoms with Crippen LogP contribution in [0.5, 0.6) is 0 Å². The van der Waals surface area contributed by atoms with Crippen LogP contribution in [-0.4, -0.2) is 53.4 Å². The first-order valence-corrected chi connectivity index (χ1v) is 12.3. The number of amides is 1. The normalized spacial score (nSPS) is 14.5. The van der Waals surface area contributed by atoms with E-state index >= 15 is 0 Å². The number of hydrogen-bond donors (Lipinski definition) is 1. The largest absolute Gasteiger partial charge is 0.372 e. The molecule has 1 amide bonds. The van der Waals surface area contributed by atoms with Crippen molar-refractivity contribution in [2.45, 2.75) is 33.1 Å². The number of aryl methyl sites for hydroxylation is 1. The molecule has 2 aromatic heterocycles. The minimum atomic E-state index is 0.0853. The minimum Gasteiger partial charge on any atom is -0.372 e. The van der Waals surface area contributed by atoms with Crippen LogP contribution in [0.15, 0.2) is 48.8 Å². The number of rotatable bonds is 9. The molecule has 1 aliphatic heterocycles. The molecule has 170 valence electrons. The highest BCUT2D eigenvalue weighted by Gasteiger charge is 2.26. The average molecular weight is 453 g/mol. The van der Waals surface area contributed by atoms with E-state index in [4.69, 9.17) is 0 Å². The van der Waals surface area contributed by atoms with Gasteiger partial charge in [-0.05, 0) is 62.9 Å². The van der Waals surface area contributed by atoms with Crippen molar-refractivity contribution in [1.29, 1.82) is 0 Å². The Bertz CT molecular complexity index is 994. The molecule has 0 radical (unpaired) electrons.